The maximum Gasteiger partial charge on any atom is 0.172 e. The highest BCUT2D eigenvalue weighted by atomic mass is 32.2. The average Bonchev–Trinajstić information content (AvgIpc) is 2.38. The molecule has 0 heterocycles. The van der Waals surface area contributed by atoms with Gasteiger partial charge in [0.25, 0.3) is 0 Å². The summed E-state index contributed by atoms with van der Waals surface area (Å²) in [5.74, 6) is 2.90. The molecule has 0 bridgehead atoms. The number of thioether (sulfide) groups is 2. The van der Waals surface area contributed by atoms with Crippen LogP contribution in [0, 0.1) is 5.92 Å². The fourth-order valence-corrected chi connectivity index (χ4v) is 3.87. The molecule has 3 nitrogen and oxygen atoms in total. The number of hydrogen-bond acceptors (Lipinski definition) is 4. The molecule has 0 fully saturated rings. The Hall–Kier alpha value is -0.810. The molecule has 0 radical (unpaired) electrons. The molecule has 0 unspecified atom stereocenters. The van der Waals surface area contributed by atoms with E-state index in [2.05, 4.69) is 25.9 Å². The number of nitrogens with zero attached hydrogens (tertiary/aromatic N) is 1. The van der Waals surface area contributed by atoms with Gasteiger partial charge in [0.05, 0.1) is 0 Å². The summed E-state index contributed by atoms with van der Waals surface area (Å²) in [5, 5.41) is 12.1. The largest absolute Gasteiger partial charge is 0.409 e. The molecule has 1 aromatic rings. The van der Waals surface area contributed by atoms with Crippen molar-refractivity contribution in [1.82, 2.24) is 0 Å². The fraction of sp³-hybridized carbons (Fsp3) is 0.500. The molecule has 106 valence electrons. The van der Waals surface area contributed by atoms with E-state index in [0.717, 1.165) is 33.3 Å². The summed E-state index contributed by atoms with van der Waals surface area (Å²) in [6.07, 6.45) is 1.16. The van der Waals surface area contributed by atoms with Crippen molar-refractivity contribution in [1.29, 1.82) is 0 Å². The molecule has 1 aromatic carbocycles. The molecule has 0 saturated carbocycles. The number of hydrogen-bond donors (Lipinski definition) is 2. The third-order valence-corrected chi connectivity index (χ3v) is 4.64. The van der Waals surface area contributed by atoms with E-state index in [4.69, 9.17) is 10.9 Å². The Morgan fingerprint density at radius 2 is 1.95 bits per heavy atom. The van der Waals surface area contributed by atoms with Gasteiger partial charge in [0.15, 0.2) is 5.84 Å². The second-order valence-corrected chi connectivity index (χ2v) is 7.02. The summed E-state index contributed by atoms with van der Waals surface area (Å²) < 4.78 is 0. The van der Waals surface area contributed by atoms with Gasteiger partial charge in [-0.3, -0.25) is 0 Å². The summed E-state index contributed by atoms with van der Waals surface area (Å²) in [7, 11) is 0. The van der Waals surface area contributed by atoms with Crippen molar-refractivity contribution in [2.24, 2.45) is 16.8 Å². The monoisotopic (exact) mass is 298 g/mol. The van der Waals surface area contributed by atoms with E-state index < -0.39 is 0 Å². The number of nitrogens with two attached hydrogens (primary N) is 1. The molecule has 3 N–H and O–H groups in total. The Kier molecular flexibility index (Phi) is 7.16. The van der Waals surface area contributed by atoms with Crippen molar-refractivity contribution >= 4 is 29.4 Å². The minimum absolute atomic E-state index is 0.198. The van der Waals surface area contributed by atoms with Crippen LogP contribution in [-0.2, 0) is 0 Å². The Morgan fingerprint density at radius 3 is 2.47 bits per heavy atom. The van der Waals surface area contributed by atoms with Crippen molar-refractivity contribution in [3.63, 3.8) is 0 Å². The molecule has 0 aliphatic carbocycles. The first-order valence-electron chi connectivity index (χ1n) is 6.46. The van der Waals surface area contributed by atoms with E-state index in [1.165, 1.54) is 0 Å². The SMILES string of the molecule is CCSc1cccc(SCCC(C)C)c1/C(N)=N/O. The molecule has 0 amide bonds. The smallest absolute Gasteiger partial charge is 0.172 e. The second kappa shape index (κ2) is 8.38. The van der Waals surface area contributed by atoms with E-state index in [0.29, 0.717) is 5.92 Å². The Labute approximate surface area is 124 Å². The standard InChI is InChI=1S/C14H22N2OS2/c1-4-18-11-6-5-7-12(13(11)14(15)16-17)19-9-8-10(2)3/h5-7,10,17H,4,8-9H2,1-3H3,(H2,15,16). The minimum atomic E-state index is 0.198. The van der Waals surface area contributed by atoms with E-state index in [9.17, 15) is 0 Å². The van der Waals surface area contributed by atoms with Gasteiger partial charge in [-0.05, 0) is 36.0 Å². The van der Waals surface area contributed by atoms with Crippen LogP contribution in [0.15, 0.2) is 33.1 Å². The van der Waals surface area contributed by atoms with Crippen LogP contribution in [0.5, 0.6) is 0 Å². The van der Waals surface area contributed by atoms with Crippen LogP contribution in [0.25, 0.3) is 0 Å². The summed E-state index contributed by atoms with van der Waals surface area (Å²) in [4.78, 5) is 2.17. The molecule has 0 aliphatic heterocycles. The molecule has 5 heteroatoms. The van der Waals surface area contributed by atoms with Crippen molar-refractivity contribution in [2.75, 3.05) is 11.5 Å². The summed E-state index contributed by atoms with van der Waals surface area (Å²) >= 11 is 3.49. The predicted molar refractivity (Wildman–Crippen MR) is 85.5 cm³/mol. The van der Waals surface area contributed by atoms with Crippen LogP contribution in [-0.4, -0.2) is 22.5 Å². The van der Waals surface area contributed by atoms with Crippen LogP contribution in [0.4, 0.5) is 0 Å². The average molecular weight is 298 g/mol. The third-order valence-electron chi connectivity index (χ3n) is 2.60. The minimum Gasteiger partial charge on any atom is -0.409 e. The number of benzene rings is 1. The van der Waals surface area contributed by atoms with E-state index >= 15 is 0 Å². The van der Waals surface area contributed by atoms with E-state index in [-0.39, 0.29) is 5.84 Å². The molecule has 0 atom stereocenters. The lowest BCUT2D eigenvalue weighted by Gasteiger charge is -2.13. The van der Waals surface area contributed by atoms with Gasteiger partial charge >= 0.3 is 0 Å². The summed E-state index contributed by atoms with van der Waals surface area (Å²) in [5.41, 5.74) is 6.70. The zero-order valence-electron chi connectivity index (χ0n) is 11.7. The summed E-state index contributed by atoms with van der Waals surface area (Å²) in [6, 6.07) is 6.09. The first-order chi connectivity index (χ1) is 9.10. The highest BCUT2D eigenvalue weighted by Gasteiger charge is 2.13. The highest BCUT2D eigenvalue weighted by Crippen LogP contribution is 2.32. The van der Waals surface area contributed by atoms with Crippen LogP contribution in [0.3, 0.4) is 0 Å². The third kappa shape index (κ3) is 4.99. The summed E-state index contributed by atoms with van der Waals surface area (Å²) in [6.45, 7) is 6.53. The predicted octanol–water partition coefficient (Wildman–Crippen LogP) is 4.03. The fourth-order valence-electron chi connectivity index (χ4n) is 1.61. The van der Waals surface area contributed by atoms with Gasteiger partial charge in [-0.15, -0.1) is 23.5 Å². The zero-order chi connectivity index (χ0) is 14.3. The lowest BCUT2D eigenvalue weighted by molar-refractivity contribution is 0.318. The number of amidine groups is 1. The molecule has 0 aromatic heterocycles. The second-order valence-electron chi connectivity index (χ2n) is 4.58. The van der Waals surface area contributed by atoms with Gasteiger partial charge in [-0.1, -0.05) is 32.0 Å². The Balaban J connectivity index is 2.98. The molecule has 0 spiro atoms. The van der Waals surface area contributed by atoms with E-state index in [1.54, 1.807) is 23.5 Å². The molecule has 1 rings (SSSR count). The molecule has 0 aliphatic rings. The molecule has 0 saturated heterocycles. The van der Waals surface area contributed by atoms with E-state index in [1.807, 2.05) is 18.2 Å². The van der Waals surface area contributed by atoms with Crippen LogP contribution < -0.4 is 5.73 Å². The van der Waals surface area contributed by atoms with Gasteiger partial charge in [-0.2, -0.15) is 0 Å². The van der Waals surface area contributed by atoms with Gasteiger partial charge in [0.1, 0.15) is 0 Å². The van der Waals surface area contributed by atoms with Crippen molar-refractivity contribution in [3.05, 3.63) is 23.8 Å². The Bertz CT molecular complexity index is 433. The maximum absolute atomic E-state index is 8.96. The van der Waals surface area contributed by atoms with Gasteiger partial charge in [0, 0.05) is 15.4 Å². The zero-order valence-corrected chi connectivity index (χ0v) is 13.4. The van der Waals surface area contributed by atoms with Crippen LogP contribution >= 0.6 is 23.5 Å². The first-order valence-corrected chi connectivity index (χ1v) is 8.43. The number of rotatable bonds is 7. The highest BCUT2D eigenvalue weighted by molar-refractivity contribution is 8.00. The Morgan fingerprint density at radius 1 is 1.32 bits per heavy atom. The molecular formula is C14H22N2OS2. The van der Waals surface area contributed by atoms with Gasteiger partial charge in [-0.25, -0.2) is 0 Å². The normalized spacial score (nSPS) is 12.1. The molecular weight excluding hydrogens is 276 g/mol. The van der Waals surface area contributed by atoms with Gasteiger partial charge < -0.3 is 10.9 Å². The van der Waals surface area contributed by atoms with Crippen molar-refractivity contribution in [3.8, 4) is 0 Å². The first kappa shape index (κ1) is 16.2. The maximum atomic E-state index is 8.96. The van der Waals surface area contributed by atoms with Gasteiger partial charge in [0.2, 0.25) is 0 Å². The van der Waals surface area contributed by atoms with Crippen molar-refractivity contribution in [2.45, 2.75) is 37.0 Å². The van der Waals surface area contributed by atoms with Crippen LogP contribution in [0.1, 0.15) is 32.8 Å². The quantitative estimate of drug-likeness (QED) is 0.262. The lowest BCUT2D eigenvalue weighted by atomic mass is 10.2. The number of oxime groups is 1. The molecule has 19 heavy (non-hydrogen) atoms. The van der Waals surface area contributed by atoms with Crippen LogP contribution in [0.2, 0.25) is 0 Å². The van der Waals surface area contributed by atoms with Crippen molar-refractivity contribution < 1.29 is 5.21 Å². The topological polar surface area (TPSA) is 58.6 Å². The lowest BCUT2D eigenvalue weighted by Crippen LogP contribution is -2.15.